The van der Waals surface area contributed by atoms with Crippen LogP contribution in [-0.4, -0.2) is 27.5 Å². The summed E-state index contributed by atoms with van der Waals surface area (Å²) in [5.41, 5.74) is 5.26. The SMILES string of the molecule is Cc1cc2nn(-c3ccc(C(C)C)cc3)nc2cc1NC(=O)COc1ccc2ccccc2c1. The minimum Gasteiger partial charge on any atom is -0.484 e. The van der Waals surface area contributed by atoms with Crippen LogP contribution in [-0.2, 0) is 4.79 Å². The Labute approximate surface area is 198 Å². The van der Waals surface area contributed by atoms with E-state index in [0.717, 1.165) is 27.5 Å². The number of aromatic nitrogens is 3. The first-order valence-corrected chi connectivity index (χ1v) is 11.4. The van der Waals surface area contributed by atoms with Gasteiger partial charge in [0.2, 0.25) is 0 Å². The van der Waals surface area contributed by atoms with E-state index in [1.165, 1.54) is 5.56 Å². The first kappa shape index (κ1) is 21.6. The molecule has 4 aromatic carbocycles. The van der Waals surface area contributed by atoms with Crippen LogP contribution in [0.15, 0.2) is 78.9 Å². The molecule has 5 aromatic rings. The summed E-state index contributed by atoms with van der Waals surface area (Å²) < 4.78 is 5.72. The van der Waals surface area contributed by atoms with Gasteiger partial charge in [0.05, 0.1) is 5.69 Å². The van der Waals surface area contributed by atoms with Crippen LogP contribution in [0.1, 0.15) is 30.9 Å². The van der Waals surface area contributed by atoms with Crippen LogP contribution in [0.3, 0.4) is 0 Å². The number of rotatable bonds is 6. The molecule has 0 unspecified atom stereocenters. The second-order valence-corrected chi connectivity index (χ2v) is 8.74. The van der Waals surface area contributed by atoms with Crippen molar-refractivity contribution in [2.45, 2.75) is 26.7 Å². The zero-order valence-electron chi connectivity index (χ0n) is 19.4. The van der Waals surface area contributed by atoms with Crippen LogP contribution < -0.4 is 10.1 Å². The van der Waals surface area contributed by atoms with Crippen molar-refractivity contribution in [3.63, 3.8) is 0 Å². The molecule has 1 amide bonds. The van der Waals surface area contributed by atoms with E-state index in [2.05, 4.69) is 41.5 Å². The number of hydrogen-bond donors (Lipinski definition) is 1. The second-order valence-electron chi connectivity index (χ2n) is 8.74. The van der Waals surface area contributed by atoms with Gasteiger partial charge >= 0.3 is 0 Å². The topological polar surface area (TPSA) is 69.0 Å². The van der Waals surface area contributed by atoms with Gasteiger partial charge in [0.1, 0.15) is 16.8 Å². The summed E-state index contributed by atoms with van der Waals surface area (Å²) in [6, 6.07) is 25.9. The van der Waals surface area contributed by atoms with Crippen LogP contribution in [0.2, 0.25) is 0 Å². The Bertz CT molecular complexity index is 1490. The van der Waals surface area contributed by atoms with E-state index >= 15 is 0 Å². The molecule has 0 aliphatic rings. The van der Waals surface area contributed by atoms with Crippen LogP contribution >= 0.6 is 0 Å². The van der Waals surface area contributed by atoms with Gasteiger partial charge in [0.25, 0.3) is 5.91 Å². The summed E-state index contributed by atoms with van der Waals surface area (Å²) in [5.74, 6) is 0.900. The third kappa shape index (κ3) is 4.48. The summed E-state index contributed by atoms with van der Waals surface area (Å²) in [7, 11) is 0. The molecular weight excluding hydrogens is 424 g/mol. The van der Waals surface area contributed by atoms with Crippen LogP contribution in [0.5, 0.6) is 5.75 Å². The molecule has 6 nitrogen and oxygen atoms in total. The zero-order valence-corrected chi connectivity index (χ0v) is 19.4. The van der Waals surface area contributed by atoms with Gasteiger partial charge in [-0.1, -0.05) is 56.3 Å². The monoisotopic (exact) mass is 450 g/mol. The standard InChI is InChI=1S/C28H26N4O2/c1-18(2)20-8-11-23(12-9-20)32-30-26-14-19(3)25(16-27(26)31-32)29-28(33)17-34-24-13-10-21-6-4-5-7-22(21)15-24/h4-16,18H,17H2,1-3H3,(H,29,33). The summed E-state index contributed by atoms with van der Waals surface area (Å²) in [4.78, 5) is 14.2. The summed E-state index contributed by atoms with van der Waals surface area (Å²) in [6.07, 6.45) is 0. The van der Waals surface area contributed by atoms with Crippen molar-refractivity contribution in [3.05, 3.63) is 90.0 Å². The molecule has 0 aliphatic heterocycles. The Kier molecular flexibility index (Phi) is 5.72. The number of fused-ring (bicyclic) bond motifs is 2. The lowest BCUT2D eigenvalue weighted by Crippen LogP contribution is -2.20. The zero-order chi connectivity index (χ0) is 23.7. The minimum absolute atomic E-state index is 0.0787. The normalized spacial score (nSPS) is 11.3. The van der Waals surface area contributed by atoms with E-state index in [0.29, 0.717) is 22.9 Å². The van der Waals surface area contributed by atoms with Crippen molar-refractivity contribution in [2.24, 2.45) is 0 Å². The third-order valence-corrected chi connectivity index (χ3v) is 5.88. The third-order valence-electron chi connectivity index (χ3n) is 5.88. The van der Waals surface area contributed by atoms with Crippen molar-refractivity contribution in [3.8, 4) is 11.4 Å². The number of amides is 1. The molecule has 1 heterocycles. The van der Waals surface area contributed by atoms with Crippen LogP contribution in [0.4, 0.5) is 5.69 Å². The smallest absolute Gasteiger partial charge is 0.262 e. The van der Waals surface area contributed by atoms with E-state index in [-0.39, 0.29) is 12.5 Å². The summed E-state index contributed by atoms with van der Waals surface area (Å²) >= 11 is 0. The van der Waals surface area contributed by atoms with E-state index < -0.39 is 0 Å². The van der Waals surface area contributed by atoms with Gasteiger partial charge in [0, 0.05) is 5.69 Å². The van der Waals surface area contributed by atoms with Crippen molar-refractivity contribution in [1.82, 2.24) is 15.0 Å². The van der Waals surface area contributed by atoms with Gasteiger partial charge in [0.15, 0.2) is 6.61 Å². The largest absolute Gasteiger partial charge is 0.484 e. The van der Waals surface area contributed by atoms with Gasteiger partial charge < -0.3 is 10.1 Å². The molecule has 0 bridgehead atoms. The highest BCUT2D eigenvalue weighted by Crippen LogP contribution is 2.24. The maximum atomic E-state index is 12.6. The van der Waals surface area contributed by atoms with Gasteiger partial charge in [-0.2, -0.15) is 4.80 Å². The van der Waals surface area contributed by atoms with Gasteiger partial charge in [-0.05, 0) is 71.1 Å². The van der Waals surface area contributed by atoms with Gasteiger partial charge in [-0.15, -0.1) is 10.2 Å². The van der Waals surface area contributed by atoms with E-state index in [4.69, 9.17) is 4.74 Å². The first-order valence-electron chi connectivity index (χ1n) is 11.4. The highest BCUT2D eigenvalue weighted by molar-refractivity contribution is 5.95. The fourth-order valence-electron chi connectivity index (χ4n) is 3.90. The molecule has 170 valence electrons. The van der Waals surface area contributed by atoms with Gasteiger partial charge in [-0.25, -0.2) is 0 Å². The Morgan fingerprint density at radius 2 is 1.62 bits per heavy atom. The number of hydrogen-bond acceptors (Lipinski definition) is 4. The molecular formula is C28H26N4O2. The number of anilines is 1. The fraction of sp³-hybridized carbons (Fsp3) is 0.179. The molecule has 0 fully saturated rings. The summed E-state index contributed by atoms with van der Waals surface area (Å²) in [5, 5.41) is 14.4. The maximum Gasteiger partial charge on any atom is 0.262 e. The van der Waals surface area contributed by atoms with E-state index in [9.17, 15) is 4.79 Å². The Morgan fingerprint density at radius 3 is 2.35 bits per heavy atom. The number of ether oxygens (including phenoxy) is 1. The molecule has 1 aromatic heterocycles. The molecule has 6 heteroatoms. The quantitative estimate of drug-likeness (QED) is 0.343. The second kappa shape index (κ2) is 8.98. The number of benzene rings is 4. The molecule has 0 saturated heterocycles. The van der Waals surface area contributed by atoms with Crippen molar-refractivity contribution in [2.75, 3.05) is 11.9 Å². The van der Waals surface area contributed by atoms with E-state index in [1.807, 2.05) is 73.7 Å². The maximum absolute atomic E-state index is 12.6. The van der Waals surface area contributed by atoms with E-state index in [1.54, 1.807) is 4.80 Å². The molecule has 0 atom stereocenters. The number of carbonyl (C=O) groups is 1. The number of carbonyl (C=O) groups excluding carboxylic acids is 1. The predicted molar refractivity (Wildman–Crippen MR) is 136 cm³/mol. The Hall–Kier alpha value is -4.19. The number of aryl methyl sites for hydroxylation is 1. The minimum atomic E-state index is -0.229. The molecule has 0 radical (unpaired) electrons. The molecule has 0 spiro atoms. The molecule has 1 N–H and O–H groups in total. The Balaban J connectivity index is 1.29. The highest BCUT2D eigenvalue weighted by Gasteiger charge is 2.12. The first-order chi connectivity index (χ1) is 16.5. The van der Waals surface area contributed by atoms with Crippen molar-refractivity contribution < 1.29 is 9.53 Å². The number of nitrogens with one attached hydrogen (secondary N) is 1. The van der Waals surface area contributed by atoms with Crippen LogP contribution in [0, 0.1) is 6.92 Å². The predicted octanol–water partition coefficient (Wildman–Crippen LogP) is 6.02. The average molecular weight is 451 g/mol. The molecule has 0 saturated carbocycles. The Morgan fingerprint density at radius 1 is 0.912 bits per heavy atom. The average Bonchev–Trinajstić information content (AvgIpc) is 3.25. The van der Waals surface area contributed by atoms with Crippen molar-refractivity contribution in [1.29, 1.82) is 0 Å². The molecule has 0 aliphatic carbocycles. The number of nitrogens with zero attached hydrogens (tertiary/aromatic N) is 3. The van der Waals surface area contributed by atoms with Gasteiger partial charge in [-0.3, -0.25) is 4.79 Å². The fourth-order valence-corrected chi connectivity index (χ4v) is 3.90. The summed E-state index contributed by atoms with van der Waals surface area (Å²) in [6.45, 7) is 6.20. The van der Waals surface area contributed by atoms with Crippen LogP contribution in [0.25, 0.3) is 27.5 Å². The lowest BCUT2D eigenvalue weighted by Gasteiger charge is -2.10. The molecule has 34 heavy (non-hydrogen) atoms. The van der Waals surface area contributed by atoms with Crippen molar-refractivity contribution >= 4 is 33.4 Å². The molecule has 5 rings (SSSR count). The lowest BCUT2D eigenvalue weighted by molar-refractivity contribution is -0.118. The lowest BCUT2D eigenvalue weighted by atomic mass is 10.0. The highest BCUT2D eigenvalue weighted by atomic mass is 16.5.